The average molecular weight is 302 g/mol. The van der Waals surface area contributed by atoms with Crippen LogP contribution >= 0.6 is 0 Å². The molecule has 0 N–H and O–H groups in total. The van der Waals surface area contributed by atoms with Crippen molar-refractivity contribution in [1.82, 2.24) is 24.6 Å². The molecule has 0 amide bonds. The second-order valence-electron chi connectivity index (χ2n) is 6.69. The summed E-state index contributed by atoms with van der Waals surface area (Å²) in [4.78, 5) is 13.7. The number of fused-ring (bicyclic) bond motifs is 1. The molecule has 6 nitrogen and oxygen atoms in total. The fraction of sp³-hybridized carbons (Fsp3) is 0.688. The van der Waals surface area contributed by atoms with E-state index in [0.717, 1.165) is 36.5 Å². The summed E-state index contributed by atoms with van der Waals surface area (Å²) in [5.74, 6) is 1.73. The predicted octanol–water partition coefficient (Wildman–Crippen LogP) is 1.92. The summed E-state index contributed by atoms with van der Waals surface area (Å²) in [6.07, 6.45) is 6.06. The lowest BCUT2D eigenvalue weighted by Crippen LogP contribution is -2.42. The number of aryl methyl sites for hydroxylation is 1. The Hall–Kier alpha value is -1.69. The van der Waals surface area contributed by atoms with Gasteiger partial charge in [0.1, 0.15) is 12.1 Å². The van der Waals surface area contributed by atoms with Crippen LogP contribution in [0, 0.1) is 5.92 Å². The number of hydrogen-bond acceptors (Lipinski definition) is 5. The molecule has 1 saturated heterocycles. The number of anilines is 1. The van der Waals surface area contributed by atoms with E-state index in [4.69, 9.17) is 0 Å². The highest BCUT2D eigenvalue weighted by Gasteiger charge is 2.24. The van der Waals surface area contributed by atoms with Gasteiger partial charge < -0.3 is 9.80 Å². The Bertz CT molecular complexity index is 635. The monoisotopic (exact) mass is 302 g/mol. The Labute approximate surface area is 132 Å². The van der Waals surface area contributed by atoms with Crippen molar-refractivity contribution >= 4 is 16.9 Å². The number of rotatable bonds is 4. The zero-order chi connectivity index (χ0) is 15.7. The summed E-state index contributed by atoms with van der Waals surface area (Å²) in [6, 6.07) is 0.597. The summed E-state index contributed by atoms with van der Waals surface area (Å²) in [7, 11) is 4.14. The minimum Gasteiger partial charge on any atom is -0.356 e. The Morgan fingerprint density at radius 3 is 2.95 bits per heavy atom. The highest BCUT2D eigenvalue weighted by atomic mass is 15.3. The molecule has 0 unspecified atom stereocenters. The summed E-state index contributed by atoms with van der Waals surface area (Å²) in [5, 5.41) is 5.38. The Morgan fingerprint density at radius 1 is 1.36 bits per heavy atom. The zero-order valence-corrected chi connectivity index (χ0v) is 14.0. The fourth-order valence-corrected chi connectivity index (χ4v) is 3.23. The average Bonchev–Trinajstić information content (AvgIpc) is 2.89. The first-order valence-electron chi connectivity index (χ1n) is 8.14. The van der Waals surface area contributed by atoms with E-state index in [2.05, 4.69) is 45.8 Å². The van der Waals surface area contributed by atoms with Gasteiger partial charge in [-0.3, -0.25) is 4.68 Å². The van der Waals surface area contributed by atoms with Crippen LogP contribution in [0.3, 0.4) is 0 Å². The lowest BCUT2D eigenvalue weighted by atomic mass is 9.97. The van der Waals surface area contributed by atoms with Gasteiger partial charge in [0.2, 0.25) is 0 Å². The van der Waals surface area contributed by atoms with Gasteiger partial charge >= 0.3 is 0 Å². The molecule has 0 saturated carbocycles. The third-order valence-electron chi connectivity index (χ3n) is 4.75. The van der Waals surface area contributed by atoms with E-state index in [1.54, 1.807) is 6.33 Å². The van der Waals surface area contributed by atoms with E-state index in [1.807, 2.05) is 17.9 Å². The van der Waals surface area contributed by atoms with Crippen LogP contribution in [0.2, 0.25) is 0 Å². The Morgan fingerprint density at radius 2 is 2.18 bits per heavy atom. The summed E-state index contributed by atoms with van der Waals surface area (Å²) in [5.41, 5.74) is 0.909. The largest absolute Gasteiger partial charge is 0.356 e. The zero-order valence-electron chi connectivity index (χ0n) is 14.0. The molecule has 0 aromatic carbocycles. The molecule has 1 aliphatic rings. The van der Waals surface area contributed by atoms with Crippen molar-refractivity contribution < 1.29 is 0 Å². The van der Waals surface area contributed by atoms with Gasteiger partial charge in [-0.1, -0.05) is 0 Å². The maximum absolute atomic E-state index is 4.54. The van der Waals surface area contributed by atoms with Crippen molar-refractivity contribution in [2.24, 2.45) is 13.0 Å². The van der Waals surface area contributed by atoms with Gasteiger partial charge in [-0.15, -0.1) is 0 Å². The third-order valence-corrected chi connectivity index (χ3v) is 4.75. The van der Waals surface area contributed by atoms with Crippen molar-refractivity contribution in [3.05, 3.63) is 12.5 Å². The number of hydrogen-bond donors (Lipinski definition) is 0. The highest BCUT2D eigenvalue weighted by Crippen LogP contribution is 2.27. The van der Waals surface area contributed by atoms with Gasteiger partial charge in [0.25, 0.3) is 0 Å². The van der Waals surface area contributed by atoms with Crippen LogP contribution < -0.4 is 4.90 Å². The molecule has 1 atom stereocenters. The number of aromatic nitrogens is 4. The highest BCUT2D eigenvalue weighted by molar-refractivity contribution is 5.86. The Balaban J connectivity index is 1.79. The third kappa shape index (κ3) is 2.92. The second-order valence-corrected chi connectivity index (χ2v) is 6.69. The van der Waals surface area contributed by atoms with E-state index in [-0.39, 0.29) is 0 Å². The van der Waals surface area contributed by atoms with Crippen molar-refractivity contribution in [3.8, 4) is 0 Å². The van der Waals surface area contributed by atoms with Gasteiger partial charge in [0, 0.05) is 32.7 Å². The molecule has 0 radical (unpaired) electrons. The molecule has 3 rings (SSSR count). The van der Waals surface area contributed by atoms with E-state index in [9.17, 15) is 0 Å². The van der Waals surface area contributed by atoms with Crippen molar-refractivity contribution in [1.29, 1.82) is 0 Å². The molecule has 0 spiro atoms. The lowest BCUT2D eigenvalue weighted by Gasteiger charge is -2.36. The maximum atomic E-state index is 4.54. The molecule has 22 heavy (non-hydrogen) atoms. The quantitative estimate of drug-likeness (QED) is 0.863. The first-order valence-corrected chi connectivity index (χ1v) is 8.14. The molecule has 6 heteroatoms. The van der Waals surface area contributed by atoms with Gasteiger partial charge in [-0.2, -0.15) is 5.10 Å². The van der Waals surface area contributed by atoms with Gasteiger partial charge in [0.15, 0.2) is 5.65 Å². The van der Waals surface area contributed by atoms with Crippen LogP contribution in [0.15, 0.2) is 12.5 Å². The van der Waals surface area contributed by atoms with Crippen LogP contribution in [0.25, 0.3) is 11.0 Å². The van der Waals surface area contributed by atoms with Crippen LogP contribution in [-0.2, 0) is 7.05 Å². The SMILES string of the molecule is CC(C)N(C)C[C@@H]1CCCN(c2ncnc3c2cnn3C)C1. The van der Waals surface area contributed by atoms with Crippen molar-refractivity contribution in [2.45, 2.75) is 32.7 Å². The summed E-state index contributed by atoms with van der Waals surface area (Å²) < 4.78 is 1.81. The molecule has 3 heterocycles. The van der Waals surface area contributed by atoms with E-state index < -0.39 is 0 Å². The summed E-state index contributed by atoms with van der Waals surface area (Å²) >= 11 is 0. The van der Waals surface area contributed by atoms with E-state index in [0.29, 0.717) is 12.0 Å². The standard InChI is InChI=1S/C16H26N6/c1-12(2)20(3)9-13-6-5-7-22(10-13)16-14-8-19-21(4)15(14)17-11-18-16/h8,11-13H,5-7,9-10H2,1-4H3/t13-/m0/s1. The minimum absolute atomic E-state index is 0.597. The molecule has 1 aliphatic heterocycles. The molecule has 120 valence electrons. The van der Waals surface area contributed by atoms with Crippen LogP contribution in [0.1, 0.15) is 26.7 Å². The molecule has 2 aromatic rings. The second kappa shape index (κ2) is 6.20. The molecule has 1 fully saturated rings. The van der Waals surface area contributed by atoms with Crippen molar-refractivity contribution in [2.75, 3.05) is 31.6 Å². The van der Waals surface area contributed by atoms with E-state index in [1.165, 1.54) is 12.8 Å². The Kier molecular flexibility index (Phi) is 4.29. The molecule has 2 aromatic heterocycles. The first kappa shape index (κ1) is 15.2. The topological polar surface area (TPSA) is 50.1 Å². The maximum Gasteiger partial charge on any atom is 0.163 e. The van der Waals surface area contributed by atoms with Crippen LogP contribution in [-0.4, -0.2) is 57.4 Å². The van der Waals surface area contributed by atoms with Crippen molar-refractivity contribution in [3.63, 3.8) is 0 Å². The summed E-state index contributed by atoms with van der Waals surface area (Å²) in [6.45, 7) is 7.80. The van der Waals surface area contributed by atoms with Gasteiger partial charge in [-0.05, 0) is 39.7 Å². The minimum atomic E-state index is 0.597. The molecular weight excluding hydrogens is 276 g/mol. The predicted molar refractivity (Wildman–Crippen MR) is 89.0 cm³/mol. The smallest absolute Gasteiger partial charge is 0.163 e. The number of nitrogens with zero attached hydrogens (tertiary/aromatic N) is 6. The first-order chi connectivity index (χ1) is 10.6. The molecule has 0 aliphatic carbocycles. The molecule has 0 bridgehead atoms. The fourth-order valence-electron chi connectivity index (χ4n) is 3.23. The van der Waals surface area contributed by atoms with Gasteiger partial charge in [0.05, 0.1) is 11.6 Å². The molecular formula is C16H26N6. The normalized spacial score (nSPS) is 19.5. The van der Waals surface area contributed by atoms with Crippen LogP contribution in [0.4, 0.5) is 5.82 Å². The lowest BCUT2D eigenvalue weighted by molar-refractivity contribution is 0.215. The number of piperidine rings is 1. The van der Waals surface area contributed by atoms with Crippen LogP contribution in [0.5, 0.6) is 0 Å². The van der Waals surface area contributed by atoms with Gasteiger partial charge in [-0.25, -0.2) is 9.97 Å². The van der Waals surface area contributed by atoms with E-state index >= 15 is 0 Å².